The van der Waals surface area contributed by atoms with E-state index in [0.717, 1.165) is 25.7 Å². The molecule has 5 rings (SSSR count). The van der Waals surface area contributed by atoms with Crippen LogP contribution in [-0.2, 0) is 14.3 Å². The van der Waals surface area contributed by atoms with Gasteiger partial charge < -0.3 is 24.5 Å². The molecule has 2 amide bonds. The summed E-state index contributed by atoms with van der Waals surface area (Å²) in [5.74, 6) is -0.938. The number of carbonyl (C=O) groups excluding carboxylic acids is 2. The summed E-state index contributed by atoms with van der Waals surface area (Å²) in [6, 6.07) is 11.1. The Bertz CT molecular complexity index is 1290. The number of hydrogen-bond acceptors (Lipinski definition) is 7. The van der Waals surface area contributed by atoms with Crippen LogP contribution in [0, 0.1) is 5.92 Å². The first-order chi connectivity index (χ1) is 18.2. The maximum atomic E-state index is 13.4. The Morgan fingerprint density at radius 2 is 1.71 bits per heavy atom. The number of amides is 2. The Balaban J connectivity index is 1.24. The first kappa shape index (κ1) is 26.6. The lowest BCUT2D eigenvalue weighted by Crippen LogP contribution is -2.53. The summed E-state index contributed by atoms with van der Waals surface area (Å²) in [5, 5.41) is 6.85. The zero-order valence-electron chi connectivity index (χ0n) is 21.8. The van der Waals surface area contributed by atoms with Gasteiger partial charge in [0, 0.05) is 23.5 Å². The van der Waals surface area contributed by atoms with Crippen molar-refractivity contribution < 1.29 is 23.5 Å². The van der Waals surface area contributed by atoms with E-state index in [-0.39, 0.29) is 23.6 Å². The number of hydrogen-bond donors (Lipinski definition) is 2. The number of nitrogens with zero attached hydrogens (tertiary/aromatic N) is 2. The van der Waals surface area contributed by atoms with Crippen LogP contribution in [0.15, 0.2) is 47.0 Å². The van der Waals surface area contributed by atoms with Crippen LogP contribution in [0.3, 0.4) is 0 Å². The van der Waals surface area contributed by atoms with Crippen molar-refractivity contribution in [3.8, 4) is 0 Å². The molecule has 1 aliphatic carbocycles. The fourth-order valence-electron chi connectivity index (χ4n) is 5.14. The number of anilines is 2. The van der Waals surface area contributed by atoms with Crippen molar-refractivity contribution in [2.75, 3.05) is 30.9 Å². The number of halogens is 1. The van der Waals surface area contributed by atoms with Crippen LogP contribution in [-0.4, -0.2) is 59.8 Å². The Morgan fingerprint density at radius 1 is 1.00 bits per heavy atom. The SMILES string of the molecule is CN(C1CCC(C(=O)Nc2c(C(=O)Nc3ccc(Cl)cn3)oc3ccccc23)CC1)C1COC(C)(C)OC1. The summed E-state index contributed by atoms with van der Waals surface area (Å²) < 4.78 is 17.5. The van der Waals surface area contributed by atoms with Gasteiger partial charge >= 0.3 is 0 Å². The van der Waals surface area contributed by atoms with Gasteiger partial charge in [-0.15, -0.1) is 0 Å². The largest absolute Gasteiger partial charge is 0.449 e. The molecule has 2 aromatic heterocycles. The minimum atomic E-state index is -0.536. The molecule has 1 aliphatic heterocycles. The molecule has 10 heteroatoms. The predicted molar refractivity (Wildman–Crippen MR) is 145 cm³/mol. The zero-order valence-corrected chi connectivity index (χ0v) is 22.6. The molecule has 3 heterocycles. The van der Waals surface area contributed by atoms with Crippen molar-refractivity contribution in [1.82, 2.24) is 9.88 Å². The van der Waals surface area contributed by atoms with E-state index in [2.05, 4.69) is 27.6 Å². The number of rotatable bonds is 6. The van der Waals surface area contributed by atoms with Crippen LogP contribution in [0.5, 0.6) is 0 Å². The molecule has 2 aliphatic rings. The summed E-state index contributed by atoms with van der Waals surface area (Å²) in [5.41, 5.74) is 0.887. The third kappa shape index (κ3) is 5.86. The van der Waals surface area contributed by atoms with E-state index < -0.39 is 11.7 Å². The minimum absolute atomic E-state index is 0.0324. The van der Waals surface area contributed by atoms with E-state index in [9.17, 15) is 9.59 Å². The monoisotopic (exact) mass is 540 g/mol. The van der Waals surface area contributed by atoms with Crippen molar-refractivity contribution in [2.24, 2.45) is 5.92 Å². The van der Waals surface area contributed by atoms with E-state index in [4.69, 9.17) is 25.5 Å². The normalized spacial score (nSPS) is 21.9. The fraction of sp³-hybridized carbons (Fsp3) is 0.464. The third-order valence-corrected chi connectivity index (χ3v) is 7.71. The minimum Gasteiger partial charge on any atom is -0.449 e. The standard InChI is InChI=1S/C28H33ClN4O5/c1-28(2)36-15-20(16-37-28)33(3)19-11-8-17(9-12-19)26(34)32-24-21-6-4-5-7-22(21)38-25(24)27(35)31-23-13-10-18(29)14-30-23/h4-7,10,13-14,17,19-20H,8-9,11-12,15-16H2,1-3H3,(H,32,34)(H,30,31,35). The second kappa shape index (κ2) is 11.0. The average Bonchev–Trinajstić information content (AvgIpc) is 3.28. The van der Waals surface area contributed by atoms with Gasteiger partial charge in [0.1, 0.15) is 17.1 Å². The second-order valence-corrected chi connectivity index (χ2v) is 10.9. The van der Waals surface area contributed by atoms with Crippen LogP contribution < -0.4 is 10.6 Å². The molecule has 202 valence electrons. The van der Waals surface area contributed by atoms with E-state index >= 15 is 0 Å². The highest BCUT2D eigenvalue weighted by Crippen LogP contribution is 2.34. The maximum Gasteiger partial charge on any atom is 0.294 e. The number of likely N-dealkylation sites (N-methyl/N-ethyl adjacent to an activating group) is 1. The van der Waals surface area contributed by atoms with Crippen molar-refractivity contribution in [3.63, 3.8) is 0 Å². The van der Waals surface area contributed by atoms with Crippen LogP contribution >= 0.6 is 11.6 Å². The molecule has 38 heavy (non-hydrogen) atoms. The highest BCUT2D eigenvalue weighted by molar-refractivity contribution is 6.30. The number of pyridine rings is 1. The lowest BCUT2D eigenvalue weighted by Gasteiger charge is -2.43. The quantitative estimate of drug-likeness (QED) is 0.436. The summed E-state index contributed by atoms with van der Waals surface area (Å²) in [4.78, 5) is 32.9. The highest BCUT2D eigenvalue weighted by Gasteiger charge is 2.36. The number of furan rings is 1. The molecule has 0 unspecified atom stereocenters. The van der Waals surface area contributed by atoms with Crippen LogP contribution in [0.25, 0.3) is 11.0 Å². The lowest BCUT2D eigenvalue weighted by molar-refractivity contribution is -0.264. The molecular weight excluding hydrogens is 508 g/mol. The molecule has 3 aromatic rings. The van der Waals surface area contributed by atoms with Gasteiger partial charge in [-0.1, -0.05) is 23.7 Å². The summed E-state index contributed by atoms with van der Waals surface area (Å²) in [6.07, 6.45) is 4.76. The van der Waals surface area contributed by atoms with E-state index in [1.54, 1.807) is 18.2 Å². The molecule has 0 atom stereocenters. The number of para-hydroxylation sites is 1. The smallest absolute Gasteiger partial charge is 0.294 e. The summed E-state index contributed by atoms with van der Waals surface area (Å²) >= 11 is 5.90. The first-order valence-corrected chi connectivity index (χ1v) is 13.3. The van der Waals surface area contributed by atoms with Gasteiger partial charge in [-0.2, -0.15) is 0 Å². The van der Waals surface area contributed by atoms with Crippen molar-refractivity contribution in [3.05, 3.63) is 53.4 Å². The van der Waals surface area contributed by atoms with E-state index in [1.807, 2.05) is 32.0 Å². The molecule has 1 saturated carbocycles. The molecule has 1 aromatic carbocycles. The summed E-state index contributed by atoms with van der Waals surface area (Å²) in [6.45, 7) is 5.13. The van der Waals surface area contributed by atoms with E-state index in [0.29, 0.717) is 46.8 Å². The first-order valence-electron chi connectivity index (χ1n) is 13.0. The number of nitrogens with one attached hydrogen (secondary N) is 2. The Morgan fingerprint density at radius 3 is 2.39 bits per heavy atom. The topological polar surface area (TPSA) is 106 Å². The number of carbonyl (C=O) groups is 2. The van der Waals surface area contributed by atoms with Crippen molar-refractivity contribution in [2.45, 2.75) is 57.4 Å². The van der Waals surface area contributed by atoms with Gasteiger partial charge in [0.25, 0.3) is 5.91 Å². The van der Waals surface area contributed by atoms with Gasteiger partial charge in [-0.05, 0) is 70.8 Å². The molecule has 0 spiro atoms. The average molecular weight is 541 g/mol. The van der Waals surface area contributed by atoms with Crippen LogP contribution in [0.2, 0.25) is 5.02 Å². The fourth-order valence-corrected chi connectivity index (χ4v) is 5.25. The van der Waals surface area contributed by atoms with Crippen LogP contribution in [0.1, 0.15) is 50.1 Å². The van der Waals surface area contributed by atoms with Crippen LogP contribution in [0.4, 0.5) is 11.5 Å². The Labute approximate surface area is 226 Å². The van der Waals surface area contributed by atoms with Crippen molar-refractivity contribution >= 4 is 45.9 Å². The number of fused-ring (bicyclic) bond motifs is 1. The molecule has 9 nitrogen and oxygen atoms in total. The van der Waals surface area contributed by atoms with Gasteiger partial charge in [0.05, 0.1) is 24.3 Å². The Kier molecular flexibility index (Phi) is 7.72. The molecular formula is C28H33ClN4O5. The summed E-state index contributed by atoms with van der Waals surface area (Å²) in [7, 11) is 2.11. The van der Waals surface area contributed by atoms with Crippen molar-refractivity contribution in [1.29, 1.82) is 0 Å². The zero-order chi connectivity index (χ0) is 26.9. The number of ether oxygens (including phenoxy) is 2. The second-order valence-electron chi connectivity index (χ2n) is 10.5. The molecule has 1 saturated heterocycles. The molecule has 0 bridgehead atoms. The molecule has 2 N–H and O–H groups in total. The lowest BCUT2D eigenvalue weighted by atomic mass is 9.84. The maximum absolute atomic E-state index is 13.4. The van der Waals surface area contributed by atoms with Gasteiger partial charge in [0.15, 0.2) is 5.79 Å². The molecule has 2 fully saturated rings. The van der Waals surface area contributed by atoms with E-state index in [1.165, 1.54) is 6.20 Å². The highest BCUT2D eigenvalue weighted by atomic mass is 35.5. The number of aromatic nitrogens is 1. The number of benzene rings is 1. The van der Waals surface area contributed by atoms with Gasteiger partial charge in [-0.3, -0.25) is 14.5 Å². The predicted octanol–water partition coefficient (Wildman–Crippen LogP) is 5.31. The molecule has 0 radical (unpaired) electrons. The Hall–Kier alpha value is -2.98. The van der Waals surface area contributed by atoms with Gasteiger partial charge in [0.2, 0.25) is 11.7 Å². The third-order valence-electron chi connectivity index (χ3n) is 7.48. The van der Waals surface area contributed by atoms with Gasteiger partial charge in [-0.25, -0.2) is 4.98 Å².